The second kappa shape index (κ2) is 6.98. The molecule has 11 heteroatoms. The number of imidazole rings is 1. The summed E-state index contributed by atoms with van der Waals surface area (Å²) in [6.45, 7) is 1.23. The van der Waals surface area contributed by atoms with E-state index in [1.807, 2.05) is 16.0 Å². The minimum atomic E-state index is -4.46. The number of carbonyl (C=O) groups excluding carboxylic acids is 2. The zero-order valence-corrected chi connectivity index (χ0v) is 17.0. The summed E-state index contributed by atoms with van der Waals surface area (Å²) in [5.41, 5.74) is -0.302. The van der Waals surface area contributed by atoms with Gasteiger partial charge >= 0.3 is 12.2 Å². The van der Waals surface area contributed by atoms with Gasteiger partial charge in [0.15, 0.2) is 4.96 Å². The molecule has 0 bridgehead atoms. The van der Waals surface area contributed by atoms with Crippen molar-refractivity contribution < 1.29 is 22.8 Å². The number of likely N-dealkylation sites (tertiary alicyclic amines) is 1. The number of carbonyl (C=O) groups is 2. The van der Waals surface area contributed by atoms with Gasteiger partial charge < -0.3 is 15.5 Å². The fourth-order valence-electron chi connectivity index (χ4n) is 4.37. The quantitative estimate of drug-likeness (QED) is 0.638. The third-order valence-corrected chi connectivity index (χ3v) is 6.56. The molecule has 5 rings (SSSR count). The van der Waals surface area contributed by atoms with Crippen LogP contribution in [0.2, 0.25) is 0 Å². The lowest BCUT2D eigenvalue weighted by molar-refractivity contribution is -0.137. The molecule has 31 heavy (non-hydrogen) atoms. The van der Waals surface area contributed by atoms with E-state index in [9.17, 15) is 22.8 Å². The molecule has 1 spiro atoms. The van der Waals surface area contributed by atoms with Crippen LogP contribution in [0, 0.1) is 5.41 Å². The second-order valence-corrected chi connectivity index (χ2v) is 9.04. The van der Waals surface area contributed by atoms with Gasteiger partial charge in [-0.05, 0) is 31.0 Å². The van der Waals surface area contributed by atoms with Crippen LogP contribution in [-0.4, -0.2) is 45.4 Å². The molecule has 2 aromatic heterocycles. The SMILES string of the molecule is O=C(Nc1cccc(C(F)(F)F)c1)NC1CC2(C1)CN(C(=O)c1cn3ccsc3n1)C2. The normalized spacial score (nSPS) is 18.0. The van der Waals surface area contributed by atoms with Gasteiger partial charge in [-0.15, -0.1) is 11.3 Å². The Morgan fingerprint density at radius 1 is 1.23 bits per heavy atom. The molecule has 0 unspecified atom stereocenters. The van der Waals surface area contributed by atoms with Gasteiger partial charge in [0.05, 0.1) is 5.56 Å². The number of alkyl halides is 3. The van der Waals surface area contributed by atoms with Gasteiger partial charge in [0.2, 0.25) is 0 Å². The van der Waals surface area contributed by atoms with Crippen molar-refractivity contribution >= 4 is 33.9 Å². The van der Waals surface area contributed by atoms with E-state index in [1.54, 1.807) is 11.1 Å². The van der Waals surface area contributed by atoms with Gasteiger partial charge in [-0.2, -0.15) is 13.2 Å². The van der Waals surface area contributed by atoms with Crippen LogP contribution in [0.15, 0.2) is 42.0 Å². The minimum absolute atomic E-state index is 0.000917. The summed E-state index contributed by atoms with van der Waals surface area (Å²) in [7, 11) is 0. The first-order valence-electron chi connectivity index (χ1n) is 9.67. The maximum absolute atomic E-state index is 12.8. The van der Waals surface area contributed by atoms with Crippen LogP contribution in [0.1, 0.15) is 28.9 Å². The maximum Gasteiger partial charge on any atom is 0.416 e. The standard InChI is InChI=1S/C20H18F3N5O2S/c21-20(22,23)12-2-1-3-13(6-12)24-17(30)25-14-7-19(8-14)10-28(11-19)16(29)15-9-27-4-5-31-18(27)26-15/h1-6,9,14H,7-8,10-11H2,(H2,24,25,30). The second-order valence-electron chi connectivity index (χ2n) is 8.16. The van der Waals surface area contributed by atoms with Crippen molar-refractivity contribution in [1.82, 2.24) is 19.6 Å². The van der Waals surface area contributed by atoms with Crippen LogP contribution in [0.4, 0.5) is 23.7 Å². The lowest BCUT2D eigenvalue weighted by atomic mass is 9.60. The molecule has 2 aliphatic rings. The molecule has 3 amide bonds. The van der Waals surface area contributed by atoms with Gasteiger partial charge in [-0.25, -0.2) is 9.78 Å². The number of rotatable bonds is 3. The van der Waals surface area contributed by atoms with Crippen molar-refractivity contribution in [2.45, 2.75) is 25.1 Å². The number of thiazole rings is 1. The molecule has 1 saturated carbocycles. The van der Waals surface area contributed by atoms with Crippen LogP contribution in [0.25, 0.3) is 4.96 Å². The molecular formula is C20H18F3N5O2S. The number of amides is 3. The zero-order chi connectivity index (χ0) is 21.8. The molecule has 0 atom stereocenters. The number of aromatic nitrogens is 2. The molecule has 3 heterocycles. The van der Waals surface area contributed by atoms with Crippen LogP contribution in [0.3, 0.4) is 0 Å². The molecule has 1 saturated heterocycles. The molecule has 1 aliphatic heterocycles. The number of nitrogens with one attached hydrogen (secondary N) is 2. The molecule has 7 nitrogen and oxygen atoms in total. The first-order valence-corrected chi connectivity index (χ1v) is 10.6. The van der Waals surface area contributed by atoms with E-state index in [0.29, 0.717) is 18.8 Å². The first-order chi connectivity index (χ1) is 14.7. The largest absolute Gasteiger partial charge is 0.416 e. The summed E-state index contributed by atoms with van der Waals surface area (Å²) < 4.78 is 40.2. The summed E-state index contributed by atoms with van der Waals surface area (Å²) in [5.74, 6) is -0.0970. The predicted octanol–water partition coefficient (Wildman–Crippen LogP) is 3.84. The van der Waals surface area contributed by atoms with Gasteiger partial charge in [-0.1, -0.05) is 6.07 Å². The summed E-state index contributed by atoms with van der Waals surface area (Å²) >= 11 is 1.47. The zero-order valence-electron chi connectivity index (χ0n) is 16.1. The summed E-state index contributed by atoms with van der Waals surface area (Å²) in [6.07, 6.45) is 0.570. The summed E-state index contributed by atoms with van der Waals surface area (Å²) in [6, 6.07) is 3.91. The van der Waals surface area contributed by atoms with E-state index in [0.717, 1.165) is 29.9 Å². The monoisotopic (exact) mass is 449 g/mol. The maximum atomic E-state index is 12.8. The van der Waals surface area contributed by atoms with Crippen LogP contribution in [-0.2, 0) is 6.18 Å². The van der Waals surface area contributed by atoms with Crippen molar-refractivity contribution in [3.05, 3.63) is 53.3 Å². The summed E-state index contributed by atoms with van der Waals surface area (Å²) in [4.78, 5) is 31.6. The van der Waals surface area contributed by atoms with E-state index in [-0.39, 0.29) is 23.1 Å². The average molecular weight is 449 g/mol. The number of benzene rings is 1. The van der Waals surface area contributed by atoms with Crippen molar-refractivity contribution in [2.75, 3.05) is 18.4 Å². The number of nitrogens with zero attached hydrogens (tertiary/aromatic N) is 3. The molecular weight excluding hydrogens is 431 g/mol. The Balaban J connectivity index is 1.10. The van der Waals surface area contributed by atoms with Gasteiger partial charge in [0.1, 0.15) is 5.69 Å². The lowest BCUT2D eigenvalue weighted by Crippen LogP contribution is -2.67. The highest BCUT2D eigenvalue weighted by Crippen LogP contribution is 2.48. The molecule has 3 aromatic rings. The van der Waals surface area contributed by atoms with Gasteiger partial charge in [-0.3, -0.25) is 9.20 Å². The number of anilines is 1. The van der Waals surface area contributed by atoms with Crippen molar-refractivity contribution in [3.63, 3.8) is 0 Å². The van der Waals surface area contributed by atoms with Crippen molar-refractivity contribution in [2.24, 2.45) is 5.41 Å². The van der Waals surface area contributed by atoms with Crippen molar-refractivity contribution in [1.29, 1.82) is 0 Å². The molecule has 2 fully saturated rings. The molecule has 2 N–H and O–H groups in total. The summed E-state index contributed by atoms with van der Waals surface area (Å²) in [5, 5.41) is 7.14. The van der Waals surface area contributed by atoms with E-state index in [4.69, 9.17) is 0 Å². The van der Waals surface area contributed by atoms with Crippen LogP contribution < -0.4 is 10.6 Å². The molecule has 1 aromatic carbocycles. The van der Waals surface area contributed by atoms with E-state index >= 15 is 0 Å². The first kappa shape index (κ1) is 19.9. The number of halogens is 3. The van der Waals surface area contributed by atoms with Gasteiger partial charge in [0, 0.05) is 48.0 Å². The number of hydrogen-bond acceptors (Lipinski definition) is 4. The molecule has 1 aliphatic carbocycles. The Labute approximate surface area is 178 Å². The average Bonchev–Trinajstić information content (AvgIpc) is 3.23. The highest BCUT2D eigenvalue weighted by molar-refractivity contribution is 7.15. The smallest absolute Gasteiger partial charge is 0.336 e. The molecule has 0 radical (unpaired) electrons. The van der Waals surface area contributed by atoms with E-state index < -0.39 is 17.8 Å². The number of hydrogen-bond donors (Lipinski definition) is 2. The third kappa shape index (κ3) is 3.73. The van der Waals surface area contributed by atoms with E-state index in [1.165, 1.54) is 23.5 Å². The topological polar surface area (TPSA) is 78.7 Å². The van der Waals surface area contributed by atoms with Gasteiger partial charge in [0.25, 0.3) is 5.91 Å². The predicted molar refractivity (Wildman–Crippen MR) is 108 cm³/mol. The highest BCUT2D eigenvalue weighted by Gasteiger charge is 2.54. The minimum Gasteiger partial charge on any atom is -0.336 e. The number of fused-ring (bicyclic) bond motifs is 1. The van der Waals surface area contributed by atoms with Crippen molar-refractivity contribution in [3.8, 4) is 0 Å². The number of urea groups is 1. The Hall–Kier alpha value is -3.08. The fraction of sp³-hybridized carbons (Fsp3) is 0.350. The third-order valence-electron chi connectivity index (χ3n) is 5.79. The molecule has 162 valence electrons. The van der Waals surface area contributed by atoms with Crippen LogP contribution in [0.5, 0.6) is 0 Å². The fourth-order valence-corrected chi connectivity index (χ4v) is 5.07. The van der Waals surface area contributed by atoms with Crippen LogP contribution >= 0.6 is 11.3 Å². The Kier molecular flexibility index (Phi) is 4.47. The highest BCUT2D eigenvalue weighted by atomic mass is 32.1. The Morgan fingerprint density at radius 2 is 2.00 bits per heavy atom. The Morgan fingerprint density at radius 3 is 2.71 bits per heavy atom. The lowest BCUT2D eigenvalue weighted by Gasteiger charge is -2.58. The Bertz CT molecular complexity index is 1130. The van der Waals surface area contributed by atoms with E-state index in [2.05, 4.69) is 15.6 Å².